The van der Waals surface area contributed by atoms with Gasteiger partial charge in [0.1, 0.15) is 0 Å². The van der Waals surface area contributed by atoms with Crippen LogP contribution in [0.25, 0.3) is 0 Å². The summed E-state index contributed by atoms with van der Waals surface area (Å²) in [6.07, 6.45) is 0.947. The Bertz CT molecular complexity index is 429. The van der Waals surface area contributed by atoms with Gasteiger partial charge in [-0.05, 0) is 25.0 Å². The average Bonchev–Trinajstić information content (AvgIpc) is 2.38. The molecule has 0 bridgehead atoms. The Balaban J connectivity index is 2.52. The zero-order valence-corrected chi connectivity index (χ0v) is 11.1. The third-order valence-corrected chi connectivity index (χ3v) is 2.82. The molecule has 4 heteroatoms. The van der Waals surface area contributed by atoms with Crippen molar-refractivity contribution < 1.29 is 14.3 Å². The van der Waals surface area contributed by atoms with Gasteiger partial charge in [0.2, 0.25) is 0 Å². The van der Waals surface area contributed by atoms with Crippen molar-refractivity contribution in [3.63, 3.8) is 0 Å². The number of esters is 1. The molecule has 0 atom stereocenters. The third kappa shape index (κ3) is 3.87. The number of aryl methyl sites for hydroxylation is 1. The Kier molecular flexibility index (Phi) is 5.36. The maximum Gasteiger partial charge on any atom is 0.305 e. The van der Waals surface area contributed by atoms with Crippen molar-refractivity contribution in [3.05, 3.63) is 35.4 Å². The highest BCUT2D eigenvalue weighted by molar-refractivity contribution is 5.95. The average molecular weight is 249 g/mol. The number of hydrogen-bond acceptors (Lipinski definition) is 3. The molecule has 0 unspecified atom stereocenters. The molecule has 1 rings (SSSR count). The number of ether oxygens (including phenoxy) is 1. The maximum absolute atomic E-state index is 12.1. The van der Waals surface area contributed by atoms with Crippen molar-refractivity contribution in [3.8, 4) is 0 Å². The Hall–Kier alpha value is -1.84. The minimum atomic E-state index is -0.244. The lowest BCUT2D eigenvalue weighted by molar-refractivity contribution is -0.140. The van der Waals surface area contributed by atoms with Gasteiger partial charge < -0.3 is 9.64 Å². The van der Waals surface area contributed by atoms with E-state index in [1.165, 1.54) is 7.11 Å². The van der Waals surface area contributed by atoms with Crippen molar-refractivity contribution in [2.75, 3.05) is 20.7 Å². The van der Waals surface area contributed by atoms with Crippen LogP contribution in [0.2, 0.25) is 0 Å². The van der Waals surface area contributed by atoms with Crippen LogP contribution in [0, 0.1) is 6.92 Å². The zero-order valence-electron chi connectivity index (χ0n) is 11.1. The minimum Gasteiger partial charge on any atom is -0.469 e. The highest BCUT2D eigenvalue weighted by Crippen LogP contribution is 2.10. The van der Waals surface area contributed by atoms with Crippen LogP contribution in [-0.4, -0.2) is 37.5 Å². The molecule has 0 aliphatic rings. The number of carbonyl (C=O) groups is 2. The quantitative estimate of drug-likeness (QED) is 0.750. The second kappa shape index (κ2) is 6.79. The van der Waals surface area contributed by atoms with Crippen molar-refractivity contribution in [2.24, 2.45) is 0 Å². The summed E-state index contributed by atoms with van der Waals surface area (Å²) in [6.45, 7) is 2.46. The Labute approximate surface area is 108 Å². The number of benzene rings is 1. The number of hydrogen-bond donors (Lipinski definition) is 0. The van der Waals surface area contributed by atoms with E-state index in [1.807, 2.05) is 31.2 Å². The van der Waals surface area contributed by atoms with E-state index in [0.29, 0.717) is 24.9 Å². The molecule has 1 aromatic carbocycles. The molecule has 0 fully saturated rings. The van der Waals surface area contributed by atoms with Crippen LogP contribution in [0.3, 0.4) is 0 Å². The molecule has 0 aliphatic heterocycles. The monoisotopic (exact) mass is 249 g/mol. The molecule has 0 N–H and O–H groups in total. The Morgan fingerprint density at radius 2 is 1.94 bits per heavy atom. The molecule has 1 amide bonds. The van der Waals surface area contributed by atoms with E-state index in [1.54, 1.807) is 11.9 Å². The first kappa shape index (κ1) is 14.2. The minimum absolute atomic E-state index is 0.0158. The van der Waals surface area contributed by atoms with Crippen molar-refractivity contribution in [1.82, 2.24) is 4.90 Å². The highest BCUT2D eigenvalue weighted by Gasteiger charge is 2.13. The fourth-order valence-electron chi connectivity index (χ4n) is 1.68. The first-order valence-corrected chi connectivity index (χ1v) is 5.94. The van der Waals surface area contributed by atoms with Gasteiger partial charge >= 0.3 is 5.97 Å². The van der Waals surface area contributed by atoms with E-state index >= 15 is 0 Å². The first-order valence-electron chi connectivity index (χ1n) is 5.94. The predicted octanol–water partition coefficient (Wildman–Crippen LogP) is 2.02. The van der Waals surface area contributed by atoms with Gasteiger partial charge in [0.05, 0.1) is 7.11 Å². The van der Waals surface area contributed by atoms with Crippen LogP contribution in [0.4, 0.5) is 0 Å². The zero-order chi connectivity index (χ0) is 13.5. The first-order chi connectivity index (χ1) is 8.56. The molecule has 98 valence electrons. The Morgan fingerprint density at radius 1 is 1.28 bits per heavy atom. The van der Waals surface area contributed by atoms with Crippen molar-refractivity contribution in [2.45, 2.75) is 19.8 Å². The molecule has 4 nitrogen and oxygen atoms in total. The van der Waals surface area contributed by atoms with Gasteiger partial charge in [-0.15, -0.1) is 0 Å². The molecule has 18 heavy (non-hydrogen) atoms. The fraction of sp³-hybridized carbons (Fsp3) is 0.429. The number of carbonyl (C=O) groups excluding carboxylic acids is 2. The molecule has 0 saturated heterocycles. The molecular formula is C14H19NO3. The van der Waals surface area contributed by atoms with Crippen LogP contribution in [0.5, 0.6) is 0 Å². The van der Waals surface area contributed by atoms with Crippen molar-refractivity contribution in [1.29, 1.82) is 0 Å². The van der Waals surface area contributed by atoms with Crippen LogP contribution in [0.15, 0.2) is 24.3 Å². The molecular weight excluding hydrogens is 230 g/mol. The van der Waals surface area contributed by atoms with Crippen molar-refractivity contribution >= 4 is 11.9 Å². The van der Waals surface area contributed by atoms with E-state index in [4.69, 9.17) is 0 Å². The number of nitrogens with zero attached hydrogens (tertiary/aromatic N) is 1. The fourth-order valence-corrected chi connectivity index (χ4v) is 1.68. The summed E-state index contributed by atoms with van der Waals surface area (Å²) in [5.41, 5.74) is 1.67. The van der Waals surface area contributed by atoms with Gasteiger partial charge in [-0.3, -0.25) is 9.59 Å². The smallest absolute Gasteiger partial charge is 0.305 e. The summed E-state index contributed by atoms with van der Waals surface area (Å²) in [5.74, 6) is -0.260. The SMILES string of the molecule is COC(=O)CCCN(C)C(=O)c1ccccc1C. The van der Waals surface area contributed by atoms with Gasteiger partial charge in [0, 0.05) is 25.6 Å². The third-order valence-electron chi connectivity index (χ3n) is 2.82. The summed E-state index contributed by atoms with van der Waals surface area (Å²) < 4.78 is 4.55. The van der Waals surface area contributed by atoms with Crippen LogP contribution < -0.4 is 0 Å². The second-order valence-corrected chi connectivity index (χ2v) is 4.22. The van der Waals surface area contributed by atoms with Crippen LogP contribution >= 0.6 is 0 Å². The molecule has 0 spiro atoms. The van der Waals surface area contributed by atoms with Gasteiger partial charge in [0.25, 0.3) is 5.91 Å². The lowest BCUT2D eigenvalue weighted by Crippen LogP contribution is -2.28. The molecule has 1 aromatic rings. The number of rotatable bonds is 5. The van der Waals surface area contributed by atoms with E-state index < -0.39 is 0 Å². The van der Waals surface area contributed by atoms with Gasteiger partial charge in [-0.1, -0.05) is 18.2 Å². The summed E-state index contributed by atoms with van der Waals surface area (Å²) in [4.78, 5) is 24.7. The van der Waals surface area contributed by atoms with Gasteiger partial charge in [0.15, 0.2) is 0 Å². The molecule has 0 heterocycles. The van der Waals surface area contributed by atoms with Gasteiger partial charge in [-0.2, -0.15) is 0 Å². The normalized spacial score (nSPS) is 9.94. The largest absolute Gasteiger partial charge is 0.469 e. The molecule has 0 aromatic heterocycles. The molecule has 0 aliphatic carbocycles. The highest BCUT2D eigenvalue weighted by atomic mass is 16.5. The number of amides is 1. The maximum atomic E-state index is 12.1. The second-order valence-electron chi connectivity index (χ2n) is 4.22. The lowest BCUT2D eigenvalue weighted by atomic mass is 10.1. The summed E-state index contributed by atoms with van der Waals surface area (Å²) in [7, 11) is 3.11. The van der Waals surface area contributed by atoms with E-state index in [0.717, 1.165) is 5.56 Å². The molecule has 0 saturated carbocycles. The van der Waals surface area contributed by atoms with Gasteiger partial charge in [-0.25, -0.2) is 0 Å². The van der Waals surface area contributed by atoms with E-state index in [2.05, 4.69) is 4.74 Å². The summed E-state index contributed by atoms with van der Waals surface area (Å²) in [6, 6.07) is 7.48. The number of methoxy groups -OCH3 is 1. The lowest BCUT2D eigenvalue weighted by Gasteiger charge is -2.17. The van der Waals surface area contributed by atoms with E-state index in [-0.39, 0.29) is 11.9 Å². The van der Waals surface area contributed by atoms with E-state index in [9.17, 15) is 9.59 Å². The summed E-state index contributed by atoms with van der Waals surface area (Å²) >= 11 is 0. The predicted molar refractivity (Wildman–Crippen MR) is 69.4 cm³/mol. The topological polar surface area (TPSA) is 46.6 Å². The standard InChI is InChI=1S/C14H19NO3/c1-11-7-4-5-8-12(11)14(17)15(2)10-6-9-13(16)18-3/h4-5,7-8H,6,9-10H2,1-3H3. The molecule has 0 radical (unpaired) electrons. The Morgan fingerprint density at radius 3 is 2.56 bits per heavy atom. The summed E-state index contributed by atoms with van der Waals surface area (Å²) in [5, 5.41) is 0. The van der Waals surface area contributed by atoms with Crippen LogP contribution in [-0.2, 0) is 9.53 Å². The van der Waals surface area contributed by atoms with Crippen LogP contribution in [0.1, 0.15) is 28.8 Å².